The quantitative estimate of drug-likeness (QED) is 0.485. The van der Waals surface area contributed by atoms with Gasteiger partial charge in [-0.1, -0.05) is 13.8 Å². The minimum atomic E-state index is 0.929. The summed E-state index contributed by atoms with van der Waals surface area (Å²) in [6.45, 7) is 4.69. The van der Waals surface area contributed by atoms with Crippen molar-refractivity contribution in [3.63, 3.8) is 0 Å². The fraction of sp³-hybridized carbons (Fsp3) is 1.00. The van der Waals surface area contributed by atoms with E-state index in [1.165, 1.54) is 18.6 Å². The Labute approximate surface area is 56.0 Å². The van der Waals surface area contributed by atoms with E-state index in [4.69, 9.17) is 0 Å². The molecule has 0 aromatic rings. The zero-order chi connectivity index (χ0) is 5.98. The minimum absolute atomic E-state index is 0.929. The summed E-state index contributed by atoms with van der Waals surface area (Å²) in [6.07, 6.45) is 2.87. The largest absolute Gasteiger partial charge is 0.159 e. The molecule has 0 spiro atoms. The van der Waals surface area contributed by atoms with Crippen LogP contribution in [0.4, 0.5) is 0 Å². The molecule has 48 valence electrons. The average molecular weight is 130 g/mol. The first-order valence-electron chi connectivity index (χ1n) is 3.40. The van der Waals surface area contributed by atoms with Crippen molar-refractivity contribution in [1.29, 1.82) is 0 Å². The van der Waals surface area contributed by atoms with Gasteiger partial charge in [-0.3, -0.25) is 0 Å². The van der Waals surface area contributed by atoms with E-state index in [1.807, 2.05) is 0 Å². The Kier molecular flexibility index (Phi) is 2.24. The van der Waals surface area contributed by atoms with Gasteiger partial charge in [0.2, 0.25) is 0 Å². The predicted octanol–water partition coefficient (Wildman–Crippen LogP) is 2.54. The molecule has 0 N–H and O–H groups in total. The molecular formula is C7H14S. The second-order valence-electron chi connectivity index (χ2n) is 2.81. The lowest BCUT2D eigenvalue weighted by molar-refractivity contribution is 0.504. The molecule has 0 bridgehead atoms. The second kappa shape index (κ2) is 2.77. The Hall–Kier alpha value is 0.350. The zero-order valence-electron chi connectivity index (χ0n) is 5.68. The molecule has 0 saturated carbocycles. The molecule has 1 fully saturated rings. The van der Waals surface area contributed by atoms with Gasteiger partial charge in [-0.2, -0.15) is 11.8 Å². The highest BCUT2D eigenvalue weighted by molar-refractivity contribution is 7.99. The van der Waals surface area contributed by atoms with Crippen LogP contribution in [0.25, 0.3) is 0 Å². The lowest BCUT2D eigenvalue weighted by Gasteiger charge is -2.22. The van der Waals surface area contributed by atoms with E-state index in [9.17, 15) is 0 Å². The SMILES string of the molecule is CC1CCS[C@H](C)C1. The number of hydrogen-bond donors (Lipinski definition) is 0. The molecule has 1 aliphatic rings. The van der Waals surface area contributed by atoms with Gasteiger partial charge < -0.3 is 0 Å². The molecule has 0 aromatic heterocycles. The first-order chi connectivity index (χ1) is 3.79. The third kappa shape index (κ3) is 1.70. The monoisotopic (exact) mass is 130 g/mol. The maximum atomic E-state index is 2.36. The highest BCUT2D eigenvalue weighted by Crippen LogP contribution is 2.28. The third-order valence-corrected chi connectivity index (χ3v) is 2.98. The molecule has 0 aromatic carbocycles. The van der Waals surface area contributed by atoms with Crippen LogP contribution in [-0.2, 0) is 0 Å². The molecule has 2 atom stereocenters. The van der Waals surface area contributed by atoms with Crippen molar-refractivity contribution >= 4 is 11.8 Å². The van der Waals surface area contributed by atoms with Crippen molar-refractivity contribution in [3.8, 4) is 0 Å². The molecule has 0 radical (unpaired) electrons. The van der Waals surface area contributed by atoms with Crippen molar-refractivity contribution in [2.45, 2.75) is 31.9 Å². The van der Waals surface area contributed by atoms with Crippen LogP contribution in [-0.4, -0.2) is 11.0 Å². The maximum Gasteiger partial charge on any atom is 0.00212 e. The van der Waals surface area contributed by atoms with E-state index < -0.39 is 0 Å². The van der Waals surface area contributed by atoms with Crippen LogP contribution in [0.5, 0.6) is 0 Å². The molecule has 1 unspecified atom stereocenters. The van der Waals surface area contributed by atoms with Gasteiger partial charge in [-0.05, 0) is 24.5 Å². The molecule has 0 nitrogen and oxygen atoms in total. The van der Waals surface area contributed by atoms with Crippen molar-refractivity contribution in [2.24, 2.45) is 5.92 Å². The van der Waals surface area contributed by atoms with Gasteiger partial charge in [0.25, 0.3) is 0 Å². The van der Waals surface area contributed by atoms with E-state index in [-0.39, 0.29) is 0 Å². The molecule has 1 heteroatoms. The number of rotatable bonds is 0. The Morgan fingerprint density at radius 2 is 2.12 bits per heavy atom. The molecule has 1 aliphatic heterocycles. The van der Waals surface area contributed by atoms with Gasteiger partial charge in [0.1, 0.15) is 0 Å². The van der Waals surface area contributed by atoms with Gasteiger partial charge in [0.05, 0.1) is 0 Å². The van der Waals surface area contributed by atoms with Crippen LogP contribution < -0.4 is 0 Å². The van der Waals surface area contributed by atoms with Crippen molar-refractivity contribution in [3.05, 3.63) is 0 Å². The van der Waals surface area contributed by atoms with Crippen molar-refractivity contribution in [2.75, 3.05) is 5.75 Å². The fourth-order valence-electron chi connectivity index (χ4n) is 1.22. The molecule has 8 heavy (non-hydrogen) atoms. The summed E-state index contributed by atoms with van der Waals surface area (Å²) < 4.78 is 0. The molecule has 1 rings (SSSR count). The zero-order valence-corrected chi connectivity index (χ0v) is 6.50. The Morgan fingerprint density at radius 3 is 2.50 bits per heavy atom. The van der Waals surface area contributed by atoms with Crippen LogP contribution in [0.3, 0.4) is 0 Å². The van der Waals surface area contributed by atoms with Crippen LogP contribution >= 0.6 is 11.8 Å². The van der Waals surface area contributed by atoms with Gasteiger partial charge in [0.15, 0.2) is 0 Å². The second-order valence-corrected chi connectivity index (χ2v) is 4.36. The summed E-state index contributed by atoms with van der Waals surface area (Å²) in [5, 5.41) is 0.929. The molecule has 0 amide bonds. The Balaban J connectivity index is 2.23. The highest BCUT2D eigenvalue weighted by atomic mass is 32.2. The number of thioether (sulfide) groups is 1. The van der Waals surface area contributed by atoms with Gasteiger partial charge in [-0.25, -0.2) is 0 Å². The van der Waals surface area contributed by atoms with E-state index in [1.54, 1.807) is 0 Å². The van der Waals surface area contributed by atoms with Crippen LogP contribution in [0.2, 0.25) is 0 Å². The lowest BCUT2D eigenvalue weighted by atomic mass is 10.0. The summed E-state index contributed by atoms with van der Waals surface area (Å²) in [4.78, 5) is 0. The van der Waals surface area contributed by atoms with Crippen molar-refractivity contribution < 1.29 is 0 Å². The predicted molar refractivity (Wildman–Crippen MR) is 40.3 cm³/mol. The Morgan fingerprint density at radius 1 is 1.38 bits per heavy atom. The molecular weight excluding hydrogens is 116 g/mol. The maximum absolute atomic E-state index is 2.36. The van der Waals surface area contributed by atoms with Crippen molar-refractivity contribution in [1.82, 2.24) is 0 Å². The fourth-order valence-corrected chi connectivity index (χ4v) is 2.63. The molecule has 1 heterocycles. The van der Waals surface area contributed by atoms with Crippen LogP contribution in [0, 0.1) is 5.92 Å². The van der Waals surface area contributed by atoms with Gasteiger partial charge >= 0.3 is 0 Å². The third-order valence-electron chi connectivity index (χ3n) is 1.75. The lowest BCUT2D eigenvalue weighted by Crippen LogP contribution is -2.12. The van der Waals surface area contributed by atoms with Gasteiger partial charge in [0, 0.05) is 5.25 Å². The molecule has 1 saturated heterocycles. The number of hydrogen-bond acceptors (Lipinski definition) is 1. The summed E-state index contributed by atoms with van der Waals surface area (Å²) >= 11 is 2.12. The van der Waals surface area contributed by atoms with E-state index in [0.717, 1.165) is 11.2 Å². The minimum Gasteiger partial charge on any atom is -0.159 e. The first kappa shape index (κ1) is 6.47. The Bertz CT molecular complexity index is 62.8. The van der Waals surface area contributed by atoms with Gasteiger partial charge in [-0.15, -0.1) is 0 Å². The van der Waals surface area contributed by atoms with Crippen LogP contribution in [0.1, 0.15) is 26.7 Å². The van der Waals surface area contributed by atoms with E-state index >= 15 is 0 Å². The summed E-state index contributed by atoms with van der Waals surface area (Å²) in [5.41, 5.74) is 0. The molecule has 0 aliphatic carbocycles. The van der Waals surface area contributed by atoms with E-state index in [0.29, 0.717) is 0 Å². The summed E-state index contributed by atoms with van der Waals surface area (Å²) in [6, 6.07) is 0. The smallest absolute Gasteiger partial charge is 0.00212 e. The standard InChI is InChI=1S/C7H14S/c1-6-3-4-8-7(2)5-6/h6-7H,3-5H2,1-2H3/t6?,7-/m1/s1. The summed E-state index contributed by atoms with van der Waals surface area (Å²) in [7, 11) is 0. The first-order valence-corrected chi connectivity index (χ1v) is 4.45. The topological polar surface area (TPSA) is 0 Å². The normalized spacial score (nSPS) is 39.8. The van der Waals surface area contributed by atoms with Crippen LogP contribution in [0.15, 0.2) is 0 Å². The van der Waals surface area contributed by atoms with E-state index in [2.05, 4.69) is 25.6 Å². The average Bonchev–Trinajstić information content (AvgIpc) is 1.64. The summed E-state index contributed by atoms with van der Waals surface area (Å²) in [5.74, 6) is 2.38. The highest BCUT2D eigenvalue weighted by Gasteiger charge is 2.14.